The van der Waals surface area contributed by atoms with Crippen LogP contribution in [0, 0.1) is 6.92 Å². The van der Waals surface area contributed by atoms with Gasteiger partial charge in [-0.05, 0) is 43.7 Å². The van der Waals surface area contributed by atoms with Crippen molar-refractivity contribution in [2.75, 3.05) is 12.8 Å². The van der Waals surface area contributed by atoms with Crippen molar-refractivity contribution in [2.45, 2.75) is 31.1 Å². The molecule has 1 aliphatic rings. The van der Waals surface area contributed by atoms with E-state index in [4.69, 9.17) is 0 Å². The molecule has 0 saturated heterocycles. The quantitative estimate of drug-likeness (QED) is 0.901. The lowest BCUT2D eigenvalue weighted by Crippen LogP contribution is -2.25. The molecule has 1 fully saturated rings. The molecule has 1 aromatic heterocycles. The van der Waals surface area contributed by atoms with Crippen molar-refractivity contribution in [3.05, 3.63) is 41.6 Å². The van der Waals surface area contributed by atoms with Crippen LogP contribution in [0.2, 0.25) is 0 Å². The fraction of sp³-hybridized carbons (Fsp3) is 0.438. The Morgan fingerprint density at radius 1 is 1.32 bits per heavy atom. The number of aromatic nitrogens is 1. The molecule has 0 amide bonds. The Hall–Kier alpha value is -1.06. The van der Waals surface area contributed by atoms with Gasteiger partial charge in [0.15, 0.2) is 0 Å². The van der Waals surface area contributed by atoms with Crippen molar-refractivity contribution >= 4 is 22.7 Å². The number of thioether (sulfide) groups is 1. The Morgan fingerprint density at radius 3 is 2.84 bits per heavy atom. The molecule has 2 nitrogen and oxygen atoms in total. The van der Waals surface area contributed by atoms with Crippen LogP contribution in [0.5, 0.6) is 0 Å². The summed E-state index contributed by atoms with van der Waals surface area (Å²) in [7, 11) is 0. The molecule has 0 aliphatic heterocycles. The lowest BCUT2D eigenvalue weighted by molar-refractivity contribution is 0.665. The zero-order chi connectivity index (χ0) is 13.3. The molecular formula is C16H20N2S. The molecule has 1 N–H and O–H groups in total. The van der Waals surface area contributed by atoms with Gasteiger partial charge in [-0.15, -0.1) is 0 Å². The number of nitrogens with zero attached hydrogens (tertiary/aromatic N) is 1. The Labute approximate surface area is 119 Å². The fourth-order valence-corrected chi connectivity index (χ4v) is 3.32. The third-order valence-corrected chi connectivity index (χ3v) is 5.35. The summed E-state index contributed by atoms with van der Waals surface area (Å²) < 4.78 is 0.526. The molecule has 2 aromatic rings. The van der Waals surface area contributed by atoms with Crippen LogP contribution < -0.4 is 5.32 Å². The monoisotopic (exact) mass is 272 g/mol. The molecule has 0 atom stereocenters. The molecule has 3 rings (SSSR count). The minimum atomic E-state index is 0.526. The van der Waals surface area contributed by atoms with E-state index in [1.807, 2.05) is 11.8 Å². The SMILES string of the molecule is CSC1(CNCc2cc(C)nc3ccccc23)CC1. The first kappa shape index (κ1) is 12.9. The van der Waals surface area contributed by atoms with Gasteiger partial charge in [-0.3, -0.25) is 4.98 Å². The molecule has 3 heteroatoms. The van der Waals surface area contributed by atoms with Gasteiger partial charge in [-0.2, -0.15) is 11.8 Å². The molecule has 0 radical (unpaired) electrons. The first-order chi connectivity index (χ1) is 9.22. The maximum Gasteiger partial charge on any atom is 0.0708 e. The van der Waals surface area contributed by atoms with E-state index in [0.29, 0.717) is 4.75 Å². The Bertz CT molecular complexity index is 590. The van der Waals surface area contributed by atoms with Gasteiger partial charge >= 0.3 is 0 Å². The van der Waals surface area contributed by atoms with Crippen molar-refractivity contribution in [1.29, 1.82) is 0 Å². The molecule has 1 aromatic carbocycles. The van der Waals surface area contributed by atoms with Crippen molar-refractivity contribution in [1.82, 2.24) is 10.3 Å². The molecule has 0 unspecified atom stereocenters. The highest BCUT2D eigenvalue weighted by Crippen LogP contribution is 2.46. The molecule has 19 heavy (non-hydrogen) atoms. The number of rotatable bonds is 5. The van der Waals surface area contributed by atoms with E-state index < -0.39 is 0 Å². The minimum Gasteiger partial charge on any atom is -0.311 e. The number of para-hydroxylation sites is 1. The van der Waals surface area contributed by atoms with E-state index in [1.165, 1.54) is 23.8 Å². The topological polar surface area (TPSA) is 24.9 Å². The summed E-state index contributed by atoms with van der Waals surface area (Å²) in [6.45, 7) is 4.12. The van der Waals surface area contributed by atoms with Crippen molar-refractivity contribution in [3.63, 3.8) is 0 Å². The normalized spacial score (nSPS) is 16.7. The number of hydrogen-bond donors (Lipinski definition) is 1. The van der Waals surface area contributed by atoms with Crippen LogP contribution in [0.1, 0.15) is 24.1 Å². The summed E-state index contributed by atoms with van der Waals surface area (Å²) in [5.41, 5.74) is 3.56. The molecule has 1 aliphatic carbocycles. The summed E-state index contributed by atoms with van der Waals surface area (Å²) in [6.07, 6.45) is 4.94. The maximum atomic E-state index is 4.59. The van der Waals surface area contributed by atoms with Crippen LogP contribution in [0.4, 0.5) is 0 Å². The van der Waals surface area contributed by atoms with E-state index in [9.17, 15) is 0 Å². The van der Waals surface area contributed by atoms with Gasteiger partial charge in [0.25, 0.3) is 0 Å². The summed E-state index contributed by atoms with van der Waals surface area (Å²) >= 11 is 2.01. The second kappa shape index (κ2) is 5.14. The number of nitrogens with one attached hydrogen (secondary N) is 1. The summed E-state index contributed by atoms with van der Waals surface area (Å²) in [5, 5.41) is 4.90. The van der Waals surface area contributed by atoms with Gasteiger partial charge < -0.3 is 5.32 Å². The van der Waals surface area contributed by atoms with Crippen LogP contribution in [-0.4, -0.2) is 22.5 Å². The van der Waals surface area contributed by atoms with Crippen molar-refractivity contribution in [2.24, 2.45) is 0 Å². The van der Waals surface area contributed by atoms with Crippen molar-refractivity contribution < 1.29 is 0 Å². The standard InChI is InChI=1S/C16H20N2S/c1-12-9-13(10-17-11-16(19-2)7-8-16)14-5-3-4-6-15(14)18-12/h3-6,9,17H,7-8,10-11H2,1-2H3. The Kier molecular flexibility index (Phi) is 3.50. The number of aryl methyl sites for hydroxylation is 1. The molecular weight excluding hydrogens is 252 g/mol. The lowest BCUT2D eigenvalue weighted by atomic mass is 10.1. The van der Waals surface area contributed by atoms with E-state index in [2.05, 4.69) is 53.8 Å². The zero-order valence-corrected chi connectivity index (χ0v) is 12.4. The molecule has 1 saturated carbocycles. The third-order valence-electron chi connectivity index (χ3n) is 3.93. The van der Waals surface area contributed by atoms with E-state index in [-0.39, 0.29) is 0 Å². The van der Waals surface area contributed by atoms with Crippen LogP contribution >= 0.6 is 11.8 Å². The lowest BCUT2D eigenvalue weighted by Gasteiger charge is -2.14. The number of fused-ring (bicyclic) bond motifs is 1. The molecule has 0 bridgehead atoms. The average Bonchev–Trinajstić information content (AvgIpc) is 3.19. The highest BCUT2D eigenvalue weighted by Gasteiger charge is 2.41. The van der Waals surface area contributed by atoms with Crippen LogP contribution in [0.15, 0.2) is 30.3 Å². The van der Waals surface area contributed by atoms with Crippen LogP contribution in [0.25, 0.3) is 10.9 Å². The average molecular weight is 272 g/mol. The van der Waals surface area contributed by atoms with E-state index in [0.717, 1.165) is 24.3 Å². The van der Waals surface area contributed by atoms with Gasteiger partial charge in [-0.1, -0.05) is 18.2 Å². The van der Waals surface area contributed by atoms with Gasteiger partial charge in [0.05, 0.1) is 5.52 Å². The zero-order valence-electron chi connectivity index (χ0n) is 11.6. The second-order valence-corrected chi connectivity index (χ2v) is 6.70. The smallest absolute Gasteiger partial charge is 0.0708 e. The minimum absolute atomic E-state index is 0.526. The maximum absolute atomic E-state index is 4.59. The molecule has 0 spiro atoms. The van der Waals surface area contributed by atoms with Crippen LogP contribution in [-0.2, 0) is 6.54 Å². The fourth-order valence-electron chi connectivity index (χ4n) is 2.56. The van der Waals surface area contributed by atoms with Gasteiger partial charge in [-0.25, -0.2) is 0 Å². The first-order valence-corrected chi connectivity index (χ1v) is 8.06. The van der Waals surface area contributed by atoms with Gasteiger partial charge in [0.2, 0.25) is 0 Å². The predicted molar refractivity (Wildman–Crippen MR) is 83.7 cm³/mol. The number of benzene rings is 1. The van der Waals surface area contributed by atoms with E-state index >= 15 is 0 Å². The van der Waals surface area contributed by atoms with Gasteiger partial charge in [0, 0.05) is 28.9 Å². The summed E-state index contributed by atoms with van der Waals surface area (Å²) in [4.78, 5) is 4.59. The summed E-state index contributed by atoms with van der Waals surface area (Å²) in [5.74, 6) is 0. The van der Waals surface area contributed by atoms with E-state index in [1.54, 1.807) is 0 Å². The van der Waals surface area contributed by atoms with Crippen molar-refractivity contribution in [3.8, 4) is 0 Å². The highest BCUT2D eigenvalue weighted by molar-refractivity contribution is 8.00. The predicted octanol–water partition coefficient (Wildman–Crippen LogP) is 3.53. The number of pyridine rings is 1. The largest absolute Gasteiger partial charge is 0.311 e. The Morgan fingerprint density at radius 2 is 2.11 bits per heavy atom. The van der Waals surface area contributed by atoms with Crippen LogP contribution in [0.3, 0.4) is 0 Å². The molecule has 100 valence electrons. The Balaban J connectivity index is 1.76. The van der Waals surface area contributed by atoms with Gasteiger partial charge in [0.1, 0.15) is 0 Å². The third kappa shape index (κ3) is 2.77. The molecule has 1 heterocycles. The summed E-state index contributed by atoms with van der Waals surface area (Å²) in [6, 6.07) is 10.6. The number of hydrogen-bond acceptors (Lipinski definition) is 3. The highest BCUT2D eigenvalue weighted by atomic mass is 32.2. The second-order valence-electron chi connectivity index (χ2n) is 5.43. The first-order valence-electron chi connectivity index (χ1n) is 6.84.